The molecule has 0 aromatic carbocycles. The van der Waals surface area contributed by atoms with Crippen molar-refractivity contribution in [3.05, 3.63) is 53.9 Å². The molecule has 3 heterocycles. The highest BCUT2D eigenvalue weighted by molar-refractivity contribution is 6.00. The van der Waals surface area contributed by atoms with Crippen molar-refractivity contribution < 1.29 is 14.4 Å². The fraction of sp³-hybridized carbons (Fsp3) is 0.452. The molecule has 0 spiro atoms. The topological polar surface area (TPSA) is 128 Å². The summed E-state index contributed by atoms with van der Waals surface area (Å²) in [6.07, 6.45) is 9.92. The predicted molar refractivity (Wildman–Crippen MR) is 151 cm³/mol. The number of nitrogens with zero attached hydrogens (tertiary/aromatic N) is 3. The normalized spacial score (nSPS) is 26.6. The van der Waals surface area contributed by atoms with Crippen molar-refractivity contribution in [2.75, 3.05) is 12.4 Å². The lowest BCUT2D eigenvalue weighted by Gasteiger charge is -2.71. The first-order chi connectivity index (χ1) is 19.2. The van der Waals surface area contributed by atoms with Crippen LogP contribution in [0, 0.1) is 22.7 Å². The van der Waals surface area contributed by atoms with E-state index < -0.39 is 0 Å². The number of nitrogens with one attached hydrogen (secondary N) is 3. The molecule has 3 aromatic rings. The van der Waals surface area contributed by atoms with Crippen molar-refractivity contribution >= 4 is 28.8 Å². The van der Waals surface area contributed by atoms with Crippen LogP contribution in [0.3, 0.4) is 0 Å². The van der Waals surface area contributed by atoms with Gasteiger partial charge in [-0.05, 0) is 87.6 Å². The van der Waals surface area contributed by atoms with Crippen molar-refractivity contribution in [3.8, 4) is 17.5 Å². The van der Waals surface area contributed by atoms with Gasteiger partial charge in [0.15, 0.2) is 0 Å². The van der Waals surface area contributed by atoms with Crippen LogP contribution in [0.4, 0.5) is 5.69 Å². The molecule has 4 saturated carbocycles. The minimum absolute atomic E-state index is 0.00374. The van der Waals surface area contributed by atoms with Crippen LogP contribution in [0.2, 0.25) is 0 Å². The van der Waals surface area contributed by atoms with Gasteiger partial charge in [0.2, 0.25) is 5.91 Å². The van der Waals surface area contributed by atoms with Crippen LogP contribution in [0.1, 0.15) is 74.2 Å². The first kappa shape index (κ1) is 26.1. The Balaban J connectivity index is 1.25. The summed E-state index contributed by atoms with van der Waals surface area (Å²) in [7, 11) is 1.66. The Labute approximate surface area is 233 Å². The third kappa shape index (κ3) is 4.61. The average Bonchev–Trinajstić information content (AvgIpc) is 3.34. The van der Waals surface area contributed by atoms with Crippen LogP contribution in [0.5, 0.6) is 0 Å². The summed E-state index contributed by atoms with van der Waals surface area (Å²) < 4.78 is 1.99. The summed E-state index contributed by atoms with van der Waals surface area (Å²) in [5, 5.41) is 18.9. The highest BCUT2D eigenvalue weighted by Gasteiger charge is 2.67. The molecular weight excluding hydrogens is 504 g/mol. The second-order valence-corrected chi connectivity index (χ2v) is 12.1. The van der Waals surface area contributed by atoms with Crippen LogP contribution in [-0.2, 0) is 9.59 Å². The summed E-state index contributed by atoms with van der Waals surface area (Å²) >= 11 is 0. The molecule has 4 fully saturated rings. The van der Waals surface area contributed by atoms with E-state index in [4.69, 9.17) is 4.98 Å². The Bertz CT molecular complexity index is 1540. The number of pyridine rings is 2. The second kappa shape index (κ2) is 9.77. The number of fused-ring (bicyclic) bond motifs is 1. The Morgan fingerprint density at radius 3 is 2.52 bits per heavy atom. The quantitative estimate of drug-likeness (QED) is 0.394. The molecule has 3 N–H and O–H groups in total. The van der Waals surface area contributed by atoms with Crippen molar-refractivity contribution in [2.24, 2.45) is 11.3 Å². The monoisotopic (exact) mass is 538 g/mol. The molecule has 0 radical (unpaired) electrons. The number of hydrogen-bond donors (Lipinski definition) is 3. The maximum Gasteiger partial charge on any atom is 0.255 e. The molecule has 0 atom stereocenters. The molecule has 0 unspecified atom stereocenters. The Morgan fingerprint density at radius 1 is 1.10 bits per heavy atom. The fourth-order valence-electron chi connectivity index (χ4n) is 7.37. The van der Waals surface area contributed by atoms with Gasteiger partial charge in [0.25, 0.3) is 5.91 Å². The highest BCUT2D eigenvalue weighted by atomic mass is 16.2. The largest absolute Gasteiger partial charge is 0.379 e. The van der Waals surface area contributed by atoms with Gasteiger partial charge in [-0.2, -0.15) is 5.26 Å². The van der Waals surface area contributed by atoms with Gasteiger partial charge in [-0.1, -0.05) is 0 Å². The summed E-state index contributed by atoms with van der Waals surface area (Å²) in [4.78, 5) is 42.0. The standard InChI is InChI=1S/C31H34N6O3/c1-19(38)13-30-16-31(17-30,18-30)36-25-12-26(27-8-7-23-11-20(14-32)9-10-37(23)27)34-15-24(25)29(40)35-22-5-3-21(4-6-22)28(39)33-2/h7-12,15,21-22H,3-6,13,16-18H2,1-2H3,(H,33,39)(H,34,36)(H,35,40). The van der Waals surface area contributed by atoms with Gasteiger partial charge < -0.3 is 25.1 Å². The van der Waals surface area contributed by atoms with E-state index in [-0.39, 0.29) is 40.5 Å². The van der Waals surface area contributed by atoms with Crippen molar-refractivity contribution in [3.63, 3.8) is 0 Å². The molecular formula is C31H34N6O3. The lowest BCUT2D eigenvalue weighted by molar-refractivity contribution is -0.144. The van der Waals surface area contributed by atoms with Gasteiger partial charge >= 0.3 is 0 Å². The van der Waals surface area contributed by atoms with Crippen LogP contribution < -0.4 is 16.0 Å². The number of amides is 2. The number of ketones is 1. The second-order valence-electron chi connectivity index (χ2n) is 12.1. The number of rotatable bonds is 8. The third-order valence-electron chi connectivity index (χ3n) is 9.04. The van der Waals surface area contributed by atoms with Crippen LogP contribution in [0.25, 0.3) is 16.9 Å². The van der Waals surface area contributed by atoms with Gasteiger partial charge in [0.05, 0.1) is 34.3 Å². The van der Waals surface area contributed by atoms with Crippen molar-refractivity contribution in [1.82, 2.24) is 20.0 Å². The van der Waals surface area contributed by atoms with Crippen LogP contribution >= 0.6 is 0 Å². The first-order valence-electron chi connectivity index (χ1n) is 14.0. The van der Waals surface area contributed by atoms with Gasteiger partial charge in [0, 0.05) is 48.9 Å². The van der Waals surface area contributed by atoms with E-state index in [1.54, 1.807) is 26.2 Å². The smallest absolute Gasteiger partial charge is 0.255 e. The molecule has 4 aliphatic rings. The molecule has 4 aliphatic carbocycles. The van der Waals surface area contributed by atoms with Gasteiger partial charge in [-0.25, -0.2) is 0 Å². The minimum Gasteiger partial charge on any atom is -0.379 e. The van der Waals surface area contributed by atoms with Gasteiger partial charge in [0.1, 0.15) is 5.78 Å². The lowest BCUT2D eigenvalue weighted by Crippen LogP contribution is -2.71. The molecule has 9 heteroatoms. The molecule has 206 valence electrons. The molecule has 7 rings (SSSR count). The molecule has 0 saturated heterocycles. The van der Waals surface area contributed by atoms with E-state index >= 15 is 0 Å². The Hall–Kier alpha value is -4.19. The van der Waals surface area contributed by atoms with Crippen molar-refractivity contribution in [1.29, 1.82) is 5.26 Å². The molecule has 2 amide bonds. The zero-order valence-corrected chi connectivity index (χ0v) is 22.9. The number of Topliss-reactive ketones (excluding diaryl/α,β-unsaturated/α-hetero) is 1. The average molecular weight is 539 g/mol. The lowest BCUT2D eigenvalue weighted by atomic mass is 9.38. The summed E-state index contributed by atoms with van der Waals surface area (Å²) in [6.45, 7) is 1.65. The zero-order valence-electron chi connectivity index (χ0n) is 22.9. The summed E-state index contributed by atoms with van der Waals surface area (Å²) in [5.41, 5.74) is 4.31. The molecule has 0 aliphatic heterocycles. The van der Waals surface area contributed by atoms with E-state index in [0.717, 1.165) is 67.5 Å². The number of anilines is 1. The molecule has 2 bridgehead atoms. The Morgan fingerprint density at radius 2 is 1.85 bits per heavy atom. The van der Waals surface area contributed by atoms with E-state index in [2.05, 4.69) is 22.0 Å². The number of hydrogen-bond acceptors (Lipinski definition) is 6. The first-order valence-corrected chi connectivity index (χ1v) is 14.0. The molecule has 40 heavy (non-hydrogen) atoms. The van der Waals surface area contributed by atoms with E-state index in [1.165, 1.54) is 0 Å². The van der Waals surface area contributed by atoms with Crippen LogP contribution in [-0.4, -0.2) is 45.6 Å². The van der Waals surface area contributed by atoms with E-state index in [0.29, 0.717) is 17.5 Å². The maximum absolute atomic E-state index is 13.5. The van der Waals surface area contributed by atoms with Gasteiger partial charge in [-0.15, -0.1) is 0 Å². The van der Waals surface area contributed by atoms with E-state index in [1.807, 2.05) is 34.9 Å². The van der Waals surface area contributed by atoms with Crippen molar-refractivity contribution in [2.45, 2.75) is 69.9 Å². The van der Waals surface area contributed by atoms with Gasteiger partial charge in [-0.3, -0.25) is 14.6 Å². The number of carbonyl (C=O) groups is 3. The van der Waals surface area contributed by atoms with Crippen LogP contribution in [0.15, 0.2) is 42.7 Å². The fourth-order valence-corrected chi connectivity index (χ4v) is 7.37. The van der Waals surface area contributed by atoms with E-state index in [9.17, 15) is 19.6 Å². The Kier molecular flexibility index (Phi) is 6.37. The molecule has 9 nitrogen and oxygen atoms in total. The number of nitriles is 1. The minimum atomic E-state index is -0.173. The summed E-state index contributed by atoms with van der Waals surface area (Å²) in [5.74, 6) is 0.127. The number of aromatic nitrogens is 2. The summed E-state index contributed by atoms with van der Waals surface area (Å²) in [6, 6.07) is 11.7. The SMILES string of the molecule is CNC(=O)C1CCC(NC(=O)c2cnc(-c3ccc4cc(C#N)ccn34)cc2NC23CC(CC(C)=O)(C2)C3)CC1. The highest BCUT2D eigenvalue weighted by Crippen LogP contribution is 2.70. The maximum atomic E-state index is 13.5. The predicted octanol–water partition coefficient (Wildman–Crippen LogP) is 4.22. The third-order valence-corrected chi connectivity index (χ3v) is 9.04. The zero-order chi connectivity index (χ0) is 28.1. The number of carbonyl (C=O) groups excluding carboxylic acids is 3. The molecule has 3 aromatic heterocycles.